The van der Waals surface area contributed by atoms with Gasteiger partial charge in [0.05, 0.1) is 18.4 Å². The first-order valence-corrected chi connectivity index (χ1v) is 8.58. The fourth-order valence-corrected chi connectivity index (χ4v) is 3.57. The maximum absolute atomic E-state index is 5.74. The highest BCUT2D eigenvalue weighted by Crippen LogP contribution is 2.27. The largest absolute Gasteiger partial charge is 0.383 e. The first-order chi connectivity index (χ1) is 10.2. The lowest BCUT2D eigenvalue weighted by Crippen LogP contribution is -2.31. The van der Waals surface area contributed by atoms with Crippen LogP contribution in [0.25, 0.3) is 0 Å². The highest BCUT2D eigenvalue weighted by Gasteiger charge is 2.21. The minimum Gasteiger partial charge on any atom is -0.383 e. The predicted molar refractivity (Wildman–Crippen MR) is 87.3 cm³/mol. The number of hydrogen-bond acceptors (Lipinski definition) is 6. The van der Waals surface area contributed by atoms with E-state index in [0.717, 1.165) is 50.2 Å². The SMILES string of the molecule is CCN(CC1CCCO1)c1nc(C)c(CNCCOC)s1. The Morgan fingerprint density at radius 2 is 2.38 bits per heavy atom. The standard InChI is InChI=1S/C15H27N3O2S/c1-4-18(11-13-6-5-8-20-13)15-17-12(2)14(21-15)10-16-7-9-19-3/h13,16H,4-11H2,1-3H3. The first-order valence-electron chi connectivity index (χ1n) is 7.77. The third kappa shape index (κ3) is 4.92. The van der Waals surface area contributed by atoms with Gasteiger partial charge < -0.3 is 19.7 Å². The van der Waals surface area contributed by atoms with Crippen LogP contribution in [0.1, 0.15) is 30.3 Å². The molecule has 1 aliphatic rings. The Balaban J connectivity index is 1.91. The number of likely N-dealkylation sites (N-methyl/N-ethyl adjacent to an activating group) is 1. The number of aryl methyl sites for hydroxylation is 1. The maximum Gasteiger partial charge on any atom is 0.185 e. The van der Waals surface area contributed by atoms with Crippen LogP contribution in [0.5, 0.6) is 0 Å². The molecule has 0 aromatic carbocycles. The van der Waals surface area contributed by atoms with Crippen molar-refractivity contribution in [1.29, 1.82) is 0 Å². The molecule has 0 spiro atoms. The maximum atomic E-state index is 5.74. The zero-order valence-electron chi connectivity index (χ0n) is 13.4. The summed E-state index contributed by atoms with van der Waals surface area (Å²) in [5.41, 5.74) is 1.13. The van der Waals surface area contributed by atoms with E-state index in [2.05, 4.69) is 24.1 Å². The van der Waals surface area contributed by atoms with Crippen LogP contribution in [0.15, 0.2) is 0 Å². The Kier molecular flexibility index (Phi) is 6.89. The van der Waals surface area contributed by atoms with Gasteiger partial charge in [-0.2, -0.15) is 0 Å². The van der Waals surface area contributed by atoms with Crippen molar-refractivity contribution in [2.45, 2.75) is 39.3 Å². The fraction of sp³-hybridized carbons (Fsp3) is 0.800. The van der Waals surface area contributed by atoms with E-state index in [1.807, 2.05) is 0 Å². The minimum absolute atomic E-state index is 0.373. The lowest BCUT2D eigenvalue weighted by Gasteiger charge is -2.23. The van der Waals surface area contributed by atoms with E-state index in [-0.39, 0.29) is 0 Å². The van der Waals surface area contributed by atoms with Crippen LogP contribution in [0.2, 0.25) is 0 Å². The number of methoxy groups -OCH3 is 1. The second-order valence-corrected chi connectivity index (χ2v) is 6.41. The normalized spacial score (nSPS) is 18.3. The zero-order valence-corrected chi connectivity index (χ0v) is 14.2. The van der Waals surface area contributed by atoms with E-state index in [4.69, 9.17) is 14.5 Å². The molecule has 0 bridgehead atoms. The monoisotopic (exact) mass is 313 g/mol. The highest BCUT2D eigenvalue weighted by molar-refractivity contribution is 7.15. The van der Waals surface area contributed by atoms with Crippen LogP contribution >= 0.6 is 11.3 Å². The lowest BCUT2D eigenvalue weighted by atomic mass is 10.2. The van der Waals surface area contributed by atoms with Crippen molar-refractivity contribution >= 4 is 16.5 Å². The number of rotatable bonds is 9. The average molecular weight is 313 g/mol. The van der Waals surface area contributed by atoms with Gasteiger partial charge in [-0.25, -0.2) is 4.98 Å². The second kappa shape index (κ2) is 8.68. The third-order valence-electron chi connectivity index (χ3n) is 3.75. The molecule has 0 radical (unpaired) electrons. The molecule has 1 saturated heterocycles. The van der Waals surface area contributed by atoms with Gasteiger partial charge in [0.1, 0.15) is 0 Å². The molecule has 1 atom stereocenters. The van der Waals surface area contributed by atoms with Crippen molar-refractivity contribution in [3.8, 4) is 0 Å². The molecule has 0 saturated carbocycles. The summed E-state index contributed by atoms with van der Waals surface area (Å²) in [6.45, 7) is 9.60. The predicted octanol–water partition coefficient (Wildman–Crippen LogP) is 2.19. The van der Waals surface area contributed by atoms with E-state index in [9.17, 15) is 0 Å². The van der Waals surface area contributed by atoms with Crippen LogP contribution in [-0.2, 0) is 16.0 Å². The van der Waals surface area contributed by atoms with Gasteiger partial charge in [0, 0.05) is 44.8 Å². The second-order valence-electron chi connectivity index (χ2n) is 5.35. The Hall–Kier alpha value is -0.690. The van der Waals surface area contributed by atoms with E-state index in [1.54, 1.807) is 18.4 Å². The summed E-state index contributed by atoms with van der Waals surface area (Å²) < 4.78 is 10.8. The molecule has 5 nitrogen and oxygen atoms in total. The van der Waals surface area contributed by atoms with Crippen LogP contribution in [0.3, 0.4) is 0 Å². The number of nitrogens with one attached hydrogen (secondary N) is 1. The van der Waals surface area contributed by atoms with Crippen molar-refractivity contribution < 1.29 is 9.47 Å². The van der Waals surface area contributed by atoms with Gasteiger partial charge in [-0.1, -0.05) is 0 Å². The molecule has 120 valence electrons. The number of ether oxygens (including phenoxy) is 2. The van der Waals surface area contributed by atoms with Crippen LogP contribution < -0.4 is 10.2 Å². The third-order valence-corrected chi connectivity index (χ3v) is 4.97. The van der Waals surface area contributed by atoms with Crippen LogP contribution in [0, 0.1) is 6.92 Å². The molecule has 6 heteroatoms. The number of aromatic nitrogens is 1. The molecule has 0 amide bonds. The van der Waals surface area contributed by atoms with Gasteiger partial charge >= 0.3 is 0 Å². The summed E-state index contributed by atoms with van der Waals surface area (Å²) in [5.74, 6) is 0. The van der Waals surface area contributed by atoms with Gasteiger partial charge in [-0.15, -0.1) is 11.3 Å². The first kappa shape index (κ1) is 16.7. The Morgan fingerprint density at radius 3 is 3.05 bits per heavy atom. The molecule has 2 heterocycles. The number of anilines is 1. The summed E-state index contributed by atoms with van der Waals surface area (Å²) in [5, 5.41) is 4.51. The van der Waals surface area contributed by atoms with Crippen LogP contribution in [-0.4, -0.2) is 51.0 Å². The van der Waals surface area contributed by atoms with Crippen molar-refractivity contribution in [3.05, 3.63) is 10.6 Å². The van der Waals surface area contributed by atoms with Crippen molar-refractivity contribution in [1.82, 2.24) is 10.3 Å². The summed E-state index contributed by atoms with van der Waals surface area (Å²) in [7, 11) is 1.72. The Bertz CT molecular complexity index is 419. The zero-order chi connectivity index (χ0) is 15.1. The minimum atomic E-state index is 0.373. The molecule has 0 aliphatic carbocycles. The fourth-order valence-electron chi connectivity index (χ4n) is 2.46. The number of thiazole rings is 1. The average Bonchev–Trinajstić information content (AvgIpc) is 3.11. The van der Waals surface area contributed by atoms with Gasteiger partial charge in [-0.3, -0.25) is 0 Å². The Morgan fingerprint density at radius 1 is 1.52 bits per heavy atom. The van der Waals surface area contributed by atoms with E-state index in [0.29, 0.717) is 6.10 Å². The van der Waals surface area contributed by atoms with Gasteiger partial charge in [0.15, 0.2) is 5.13 Å². The van der Waals surface area contributed by atoms with E-state index < -0.39 is 0 Å². The van der Waals surface area contributed by atoms with Crippen molar-refractivity contribution in [3.63, 3.8) is 0 Å². The molecule has 1 aliphatic heterocycles. The molecule has 2 rings (SSSR count). The molecule has 1 unspecified atom stereocenters. The highest BCUT2D eigenvalue weighted by atomic mass is 32.1. The number of hydrogen-bond donors (Lipinski definition) is 1. The van der Waals surface area contributed by atoms with Crippen LogP contribution in [0.4, 0.5) is 5.13 Å². The smallest absolute Gasteiger partial charge is 0.185 e. The summed E-state index contributed by atoms with van der Waals surface area (Å²) >= 11 is 1.79. The van der Waals surface area contributed by atoms with Crippen molar-refractivity contribution in [2.24, 2.45) is 0 Å². The Labute approximate surface area is 131 Å². The molecule has 1 N–H and O–H groups in total. The van der Waals surface area contributed by atoms with Gasteiger partial charge in [0.25, 0.3) is 0 Å². The molecular weight excluding hydrogens is 286 g/mol. The summed E-state index contributed by atoms with van der Waals surface area (Å²) in [4.78, 5) is 8.39. The number of nitrogens with zero attached hydrogens (tertiary/aromatic N) is 2. The molecule has 21 heavy (non-hydrogen) atoms. The molecule has 1 aromatic heterocycles. The van der Waals surface area contributed by atoms with E-state index in [1.165, 1.54) is 17.7 Å². The molecular formula is C15H27N3O2S. The lowest BCUT2D eigenvalue weighted by molar-refractivity contribution is 0.115. The van der Waals surface area contributed by atoms with E-state index >= 15 is 0 Å². The van der Waals surface area contributed by atoms with Gasteiger partial charge in [0.2, 0.25) is 0 Å². The molecule has 1 fully saturated rings. The molecule has 1 aromatic rings. The summed E-state index contributed by atoms with van der Waals surface area (Å²) in [6.07, 6.45) is 2.73. The summed E-state index contributed by atoms with van der Waals surface area (Å²) in [6, 6.07) is 0. The van der Waals surface area contributed by atoms with Gasteiger partial charge in [-0.05, 0) is 26.7 Å². The van der Waals surface area contributed by atoms with Crippen molar-refractivity contribution in [2.75, 3.05) is 44.9 Å². The topological polar surface area (TPSA) is 46.6 Å². The quantitative estimate of drug-likeness (QED) is 0.708.